The Morgan fingerprint density at radius 3 is 2.45 bits per heavy atom. The average Bonchev–Trinajstić information content (AvgIpc) is 3.51. The molecule has 1 aliphatic heterocycles. The van der Waals surface area contributed by atoms with Crippen LogP contribution in [0.4, 0.5) is 0 Å². The highest BCUT2D eigenvalue weighted by atomic mass is 16.5. The van der Waals surface area contributed by atoms with Gasteiger partial charge in [0, 0.05) is 11.6 Å². The van der Waals surface area contributed by atoms with E-state index in [0.717, 1.165) is 53.3 Å². The molecule has 0 amide bonds. The van der Waals surface area contributed by atoms with Gasteiger partial charge in [-0.25, -0.2) is 0 Å². The SMILES string of the molecule is COc1ccc(-c2cnoc2-c2ccc(OC(C)C)cc2OCCCCN2CCCC2)cc1. The lowest BCUT2D eigenvalue weighted by molar-refractivity contribution is 0.239. The fourth-order valence-corrected chi connectivity index (χ4v) is 4.19. The molecule has 1 aliphatic rings. The van der Waals surface area contributed by atoms with Crippen LogP contribution in [0.25, 0.3) is 22.5 Å². The molecule has 1 aromatic heterocycles. The number of ether oxygens (including phenoxy) is 3. The van der Waals surface area contributed by atoms with Crippen LogP contribution in [0, 0.1) is 0 Å². The summed E-state index contributed by atoms with van der Waals surface area (Å²) in [6.45, 7) is 8.31. The van der Waals surface area contributed by atoms with E-state index >= 15 is 0 Å². The molecule has 4 rings (SSSR count). The van der Waals surface area contributed by atoms with E-state index in [4.69, 9.17) is 18.7 Å². The summed E-state index contributed by atoms with van der Waals surface area (Å²) in [5.74, 6) is 3.03. The lowest BCUT2D eigenvalue weighted by Gasteiger charge is -2.16. The topological polar surface area (TPSA) is 57.0 Å². The molecule has 1 saturated heterocycles. The van der Waals surface area contributed by atoms with Crippen molar-refractivity contribution in [2.24, 2.45) is 0 Å². The van der Waals surface area contributed by atoms with Gasteiger partial charge in [-0.1, -0.05) is 17.3 Å². The lowest BCUT2D eigenvalue weighted by Crippen LogP contribution is -2.20. The molecule has 33 heavy (non-hydrogen) atoms. The van der Waals surface area contributed by atoms with Gasteiger partial charge in [0.05, 0.1) is 31.6 Å². The third kappa shape index (κ3) is 6.08. The maximum Gasteiger partial charge on any atom is 0.178 e. The number of hydrogen-bond donors (Lipinski definition) is 0. The Hall–Kier alpha value is -2.99. The van der Waals surface area contributed by atoms with Crippen molar-refractivity contribution in [3.8, 4) is 39.7 Å². The Kier molecular flexibility index (Phi) is 7.89. The van der Waals surface area contributed by atoms with Gasteiger partial charge in [-0.15, -0.1) is 0 Å². The molecular weight excluding hydrogens is 416 g/mol. The van der Waals surface area contributed by atoms with Crippen LogP contribution < -0.4 is 14.2 Å². The van der Waals surface area contributed by atoms with Gasteiger partial charge in [-0.2, -0.15) is 0 Å². The predicted molar refractivity (Wildman–Crippen MR) is 130 cm³/mol. The van der Waals surface area contributed by atoms with Crippen molar-refractivity contribution in [2.45, 2.75) is 45.6 Å². The molecule has 1 fully saturated rings. The number of aromatic nitrogens is 1. The summed E-state index contributed by atoms with van der Waals surface area (Å²) in [4.78, 5) is 2.54. The molecule has 6 heteroatoms. The standard InChI is InChI=1S/C27H34N2O4/c1-20(2)32-23-12-13-24(26(18-23)31-17-7-6-16-29-14-4-5-15-29)27-25(19-28-33-27)21-8-10-22(30-3)11-9-21/h8-13,18-20H,4-7,14-17H2,1-3H3. The summed E-state index contributed by atoms with van der Waals surface area (Å²) >= 11 is 0. The zero-order valence-electron chi connectivity index (χ0n) is 19.9. The molecule has 2 heterocycles. The van der Waals surface area contributed by atoms with Crippen LogP contribution in [0.15, 0.2) is 53.2 Å². The Morgan fingerprint density at radius 1 is 0.970 bits per heavy atom. The monoisotopic (exact) mass is 450 g/mol. The second kappa shape index (κ2) is 11.2. The van der Waals surface area contributed by atoms with Crippen molar-refractivity contribution < 1.29 is 18.7 Å². The van der Waals surface area contributed by atoms with Crippen LogP contribution >= 0.6 is 0 Å². The Bertz CT molecular complexity index is 1010. The Morgan fingerprint density at radius 2 is 1.73 bits per heavy atom. The van der Waals surface area contributed by atoms with E-state index in [1.807, 2.05) is 56.3 Å². The molecule has 176 valence electrons. The van der Waals surface area contributed by atoms with Crippen molar-refractivity contribution in [1.82, 2.24) is 10.1 Å². The number of rotatable bonds is 11. The summed E-state index contributed by atoms with van der Waals surface area (Å²) in [6.07, 6.45) is 6.63. The number of benzene rings is 2. The van der Waals surface area contributed by atoms with Crippen LogP contribution in [-0.4, -0.2) is 49.5 Å². The summed E-state index contributed by atoms with van der Waals surface area (Å²) in [5.41, 5.74) is 2.79. The zero-order valence-corrected chi connectivity index (χ0v) is 19.9. The maximum absolute atomic E-state index is 6.27. The second-order valence-corrected chi connectivity index (χ2v) is 8.73. The number of nitrogens with zero attached hydrogens (tertiary/aromatic N) is 2. The molecule has 0 N–H and O–H groups in total. The minimum Gasteiger partial charge on any atom is -0.497 e. The van der Waals surface area contributed by atoms with Gasteiger partial charge in [-0.3, -0.25) is 0 Å². The van der Waals surface area contributed by atoms with Gasteiger partial charge in [0.25, 0.3) is 0 Å². The van der Waals surface area contributed by atoms with Crippen LogP contribution in [-0.2, 0) is 0 Å². The van der Waals surface area contributed by atoms with E-state index in [1.54, 1.807) is 13.3 Å². The molecule has 0 spiro atoms. The van der Waals surface area contributed by atoms with Crippen LogP contribution in [0.3, 0.4) is 0 Å². The van der Waals surface area contributed by atoms with E-state index < -0.39 is 0 Å². The first kappa shape index (κ1) is 23.2. The highest BCUT2D eigenvalue weighted by Crippen LogP contribution is 2.39. The minimum absolute atomic E-state index is 0.0873. The van der Waals surface area contributed by atoms with Gasteiger partial charge in [-0.05, 0) is 89.0 Å². The third-order valence-corrected chi connectivity index (χ3v) is 5.87. The largest absolute Gasteiger partial charge is 0.497 e. The normalized spacial score (nSPS) is 14.1. The first-order chi connectivity index (χ1) is 16.1. The molecule has 3 aromatic rings. The fourth-order valence-electron chi connectivity index (χ4n) is 4.19. The molecule has 6 nitrogen and oxygen atoms in total. The maximum atomic E-state index is 6.27. The van der Waals surface area contributed by atoms with E-state index in [0.29, 0.717) is 12.4 Å². The minimum atomic E-state index is 0.0873. The van der Waals surface area contributed by atoms with Gasteiger partial charge in [0.1, 0.15) is 17.2 Å². The number of likely N-dealkylation sites (tertiary alicyclic amines) is 1. The smallest absolute Gasteiger partial charge is 0.178 e. The number of hydrogen-bond acceptors (Lipinski definition) is 6. The van der Waals surface area contributed by atoms with Gasteiger partial charge in [0.15, 0.2) is 5.76 Å². The van der Waals surface area contributed by atoms with Crippen molar-refractivity contribution in [1.29, 1.82) is 0 Å². The van der Waals surface area contributed by atoms with Gasteiger partial charge >= 0.3 is 0 Å². The first-order valence-corrected chi connectivity index (χ1v) is 11.9. The van der Waals surface area contributed by atoms with E-state index in [2.05, 4.69) is 10.1 Å². The van der Waals surface area contributed by atoms with Gasteiger partial charge < -0.3 is 23.6 Å². The third-order valence-electron chi connectivity index (χ3n) is 5.87. The molecule has 0 saturated carbocycles. The quantitative estimate of drug-likeness (QED) is 0.331. The molecule has 0 atom stereocenters. The van der Waals surface area contributed by atoms with Gasteiger partial charge in [0.2, 0.25) is 0 Å². The zero-order chi connectivity index (χ0) is 23.0. The fraction of sp³-hybridized carbons (Fsp3) is 0.444. The van der Waals surface area contributed by atoms with Crippen LogP contribution in [0.5, 0.6) is 17.2 Å². The summed E-state index contributed by atoms with van der Waals surface area (Å²) in [5, 5.41) is 4.08. The van der Waals surface area contributed by atoms with Crippen molar-refractivity contribution in [2.75, 3.05) is 33.4 Å². The first-order valence-electron chi connectivity index (χ1n) is 11.9. The Labute approximate surface area is 196 Å². The average molecular weight is 451 g/mol. The predicted octanol–water partition coefficient (Wildman–Crippen LogP) is 6.06. The number of unbranched alkanes of at least 4 members (excludes halogenated alkanes) is 1. The molecule has 0 unspecified atom stereocenters. The molecule has 0 bridgehead atoms. The van der Waals surface area contributed by atoms with Crippen molar-refractivity contribution >= 4 is 0 Å². The Balaban J connectivity index is 1.52. The van der Waals surface area contributed by atoms with Crippen LogP contribution in [0.2, 0.25) is 0 Å². The van der Waals surface area contributed by atoms with E-state index in [-0.39, 0.29) is 6.10 Å². The van der Waals surface area contributed by atoms with Crippen molar-refractivity contribution in [3.05, 3.63) is 48.7 Å². The van der Waals surface area contributed by atoms with Crippen LogP contribution in [0.1, 0.15) is 39.5 Å². The van der Waals surface area contributed by atoms with E-state index in [9.17, 15) is 0 Å². The molecule has 0 radical (unpaired) electrons. The molecular formula is C27H34N2O4. The molecule has 2 aromatic carbocycles. The van der Waals surface area contributed by atoms with Crippen molar-refractivity contribution in [3.63, 3.8) is 0 Å². The summed E-state index contributed by atoms with van der Waals surface area (Å²) < 4.78 is 23.2. The highest BCUT2D eigenvalue weighted by Gasteiger charge is 2.19. The molecule has 0 aliphatic carbocycles. The summed E-state index contributed by atoms with van der Waals surface area (Å²) in [6, 6.07) is 13.8. The second-order valence-electron chi connectivity index (χ2n) is 8.73. The number of methoxy groups -OCH3 is 1. The summed E-state index contributed by atoms with van der Waals surface area (Å²) in [7, 11) is 1.66. The lowest BCUT2D eigenvalue weighted by atomic mass is 10.0. The van der Waals surface area contributed by atoms with E-state index in [1.165, 1.54) is 25.9 Å². The highest BCUT2D eigenvalue weighted by molar-refractivity contribution is 5.82.